The summed E-state index contributed by atoms with van der Waals surface area (Å²) in [6.07, 6.45) is 0.186. The zero-order chi connectivity index (χ0) is 24.1. The maximum Gasteiger partial charge on any atom is 0.276 e. The van der Waals surface area contributed by atoms with E-state index in [0.29, 0.717) is 30.3 Å². The van der Waals surface area contributed by atoms with E-state index in [0.717, 1.165) is 16.7 Å². The van der Waals surface area contributed by atoms with Crippen molar-refractivity contribution in [2.45, 2.75) is 33.7 Å². The molecular weight excluding hydrogens is 434 g/mol. The predicted molar refractivity (Wildman–Crippen MR) is 126 cm³/mol. The van der Waals surface area contributed by atoms with E-state index in [1.807, 2.05) is 63.2 Å². The molecule has 0 bridgehead atoms. The van der Waals surface area contributed by atoms with Crippen LogP contribution in [0, 0.1) is 12.8 Å². The van der Waals surface area contributed by atoms with E-state index < -0.39 is 0 Å². The molecule has 0 aliphatic carbocycles. The molecular formula is C26H29N3O5. The first kappa shape index (κ1) is 23.4. The van der Waals surface area contributed by atoms with Crippen molar-refractivity contribution in [3.8, 4) is 22.8 Å². The third kappa shape index (κ3) is 5.75. The van der Waals surface area contributed by atoms with Gasteiger partial charge in [-0.3, -0.25) is 9.59 Å². The summed E-state index contributed by atoms with van der Waals surface area (Å²) in [6, 6.07) is 15.0. The number of fused-ring (bicyclic) bond motifs is 1. The van der Waals surface area contributed by atoms with Crippen molar-refractivity contribution < 1.29 is 23.6 Å². The number of amides is 2. The molecule has 8 heteroatoms. The lowest BCUT2D eigenvalue weighted by Gasteiger charge is -2.23. The van der Waals surface area contributed by atoms with Crippen molar-refractivity contribution in [2.24, 2.45) is 5.92 Å². The highest BCUT2D eigenvalue weighted by Gasteiger charge is 2.22. The molecule has 2 heterocycles. The van der Waals surface area contributed by atoms with Gasteiger partial charge in [-0.05, 0) is 30.5 Å². The first-order valence-electron chi connectivity index (χ1n) is 11.4. The molecule has 2 aromatic carbocycles. The fourth-order valence-electron chi connectivity index (χ4n) is 3.68. The Labute approximate surface area is 198 Å². The van der Waals surface area contributed by atoms with Crippen LogP contribution < -0.4 is 14.8 Å². The van der Waals surface area contributed by atoms with Crippen LogP contribution in [0.2, 0.25) is 0 Å². The molecule has 0 unspecified atom stereocenters. The molecule has 1 aromatic heterocycles. The standard InChI is InChI=1S/C26H29N3O5/c1-17(2)15-29(26(31)21-13-23(34-28-21)20-7-4-18(3)5-8-20)11-10-25(30)27-14-19-6-9-22-24(12-19)33-16-32-22/h4-9,12-13,17H,10-11,14-16H2,1-3H3,(H,27,30). The quantitative estimate of drug-likeness (QED) is 0.512. The van der Waals surface area contributed by atoms with Crippen molar-refractivity contribution >= 4 is 11.8 Å². The Morgan fingerprint density at radius 1 is 1.06 bits per heavy atom. The second-order valence-corrected chi connectivity index (χ2v) is 8.80. The van der Waals surface area contributed by atoms with Crippen molar-refractivity contribution in [2.75, 3.05) is 19.9 Å². The van der Waals surface area contributed by atoms with E-state index >= 15 is 0 Å². The second kappa shape index (κ2) is 10.4. The number of hydrogen-bond donors (Lipinski definition) is 1. The molecule has 34 heavy (non-hydrogen) atoms. The van der Waals surface area contributed by atoms with Gasteiger partial charge in [0.1, 0.15) is 0 Å². The van der Waals surface area contributed by atoms with Crippen LogP contribution in [0.1, 0.15) is 41.9 Å². The third-order valence-corrected chi connectivity index (χ3v) is 5.47. The first-order valence-corrected chi connectivity index (χ1v) is 11.4. The molecule has 0 radical (unpaired) electrons. The van der Waals surface area contributed by atoms with E-state index in [9.17, 15) is 9.59 Å². The summed E-state index contributed by atoms with van der Waals surface area (Å²) in [5, 5.41) is 6.89. The zero-order valence-corrected chi connectivity index (χ0v) is 19.7. The molecule has 0 fully saturated rings. The summed E-state index contributed by atoms with van der Waals surface area (Å²) >= 11 is 0. The average molecular weight is 464 g/mol. The van der Waals surface area contributed by atoms with Gasteiger partial charge in [0.15, 0.2) is 23.0 Å². The minimum absolute atomic E-state index is 0.139. The SMILES string of the molecule is Cc1ccc(-c2cc(C(=O)N(CCC(=O)NCc3ccc4c(c3)OCO4)CC(C)C)no2)cc1. The Morgan fingerprint density at radius 2 is 1.82 bits per heavy atom. The first-order chi connectivity index (χ1) is 16.4. The molecule has 0 saturated carbocycles. The molecule has 1 N–H and O–H groups in total. The van der Waals surface area contributed by atoms with Gasteiger partial charge in [0, 0.05) is 37.7 Å². The lowest BCUT2D eigenvalue weighted by atomic mass is 10.1. The number of benzene rings is 2. The summed E-state index contributed by atoms with van der Waals surface area (Å²) in [7, 11) is 0. The molecule has 0 saturated heterocycles. The third-order valence-electron chi connectivity index (χ3n) is 5.47. The van der Waals surface area contributed by atoms with Crippen LogP contribution in [0.15, 0.2) is 53.1 Å². The van der Waals surface area contributed by atoms with E-state index in [-0.39, 0.29) is 43.2 Å². The van der Waals surface area contributed by atoms with E-state index in [2.05, 4.69) is 10.5 Å². The molecule has 4 rings (SSSR count). The fourth-order valence-corrected chi connectivity index (χ4v) is 3.68. The van der Waals surface area contributed by atoms with Crippen LogP contribution in [0.4, 0.5) is 0 Å². The van der Waals surface area contributed by atoms with Crippen LogP contribution in [-0.2, 0) is 11.3 Å². The number of aromatic nitrogens is 1. The van der Waals surface area contributed by atoms with Crippen molar-refractivity contribution in [3.05, 3.63) is 65.4 Å². The molecule has 8 nitrogen and oxygen atoms in total. The lowest BCUT2D eigenvalue weighted by molar-refractivity contribution is -0.121. The summed E-state index contributed by atoms with van der Waals surface area (Å²) in [5.41, 5.74) is 3.14. The normalized spacial score (nSPS) is 12.1. The summed E-state index contributed by atoms with van der Waals surface area (Å²) in [4.78, 5) is 27.3. The topological polar surface area (TPSA) is 93.9 Å². The fraction of sp³-hybridized carbons (Fsp3) is 0.346. The maximum atomic E-state index is 13.1. The van der Waals surface area contributed by atoms with Crippen molar-refractivity contribution in [1.29, 1.82) is 0 Å². The largest absolute Gasteiger partial charge is 0.454 e. The summed E-state index contributed by atoms with van der Waals surface area (Å²) in [6.45, 7) is 7.45. The Balaban J connectivity index is 1.34. The second-order valence-electron chi connectivity index (χ2n) is 8.80. The summed E-state index contributed by atoms with van der Waals surface area (Å²) in [5.74, 6) is 1.77. The number of nitrogens with one attached hydrogen (secondary N) is 1. The van der Waals surface area contributed by atoms with Gasteiger partial charge in [-0.15, -0.1) is 0 Å². The number of nitrogens with zero attached hydrogens (tertiary/aromatic N) is 2. The van der Waals surface area contributed by atoms with Gasteiger partial charge in [-0.2, -0.15) is 0 Å². The lowest BCUT2D eigenvalue weighted by Crippen LogP contribution is -2.37. The minimum Gasteiger partial charge on any atom is -0.454 e. The maximum absolute atomic E-state index is 13.1. The number of carbonyl (C=O) groups is 2. The van der Waals surface area contributed by atoms with Gasteiger partial charge in [-0.1, -0.05) is 54.9 Å². The highest BCUT2D eigenvalue weighted by molar-refractivity contribution is 5.93. The highest BCUT2D eigenvalue weighted by Crippen LogP contribution is 2.32. The Hall–Kier alpha value is -3.81. The monoisotopic (exact) mass is 463 g/mol. The molecule has 0 spiro atoms. The number of carbonyl (C=O) groups excluding carboxylic acids is 2. The smallest absolute Gasteiger partial charge is 0.276 e. The van der Waals surface area contributed by atoms with Gasteiger partial charge in [0.2, 0.25) is 12.7 Å². The number of aryl methyl sites for hydroxylation is 1. The van der Waals surface area contributed by atoms with Crippen LogP contribution in [-0.4, -0.2) is 41.8 Å². The van der Waals surface area contributed by atoms with E-state index in [1.165, 1.54) is 0 Å². The molecule has 0 atom stereocenters. The Kier molecular flexibility index (Phi) is 7.15. The Morgan fingerprint density at radius 3 is 2.59 bits per heavy atom. The molecule has 178 valence electrons. The number of ether oxygens (including phenoxy) is 2. The molecule has 2 amide bonds. The van der Waals surface area contributed by atoms with Gasteiger partial charge >= 0.3 is 0 Å². The van der Waals surface area contributed by atoms with Crippen LogP contribution >= 0.6 is 0 Å². The van der Waals surface area contributed by atoms with Gasteiger partial charge < -0.3 is 24.2 Å². The molecule has 1 aliphatic heterocycles. The van der Waals surface area contributed by atoms with Crippen LogP contribution in [0.5, 0.6) is 11.5 Å². The number of hydrogen-bond acceptors (Lipinski definition) is 6. The molecule has 3 aromatic rings. The van der Waals surface area contributed by atoms with Crippen molar-refractivity contribution in [3.63, 3.8) is 0 Å². The van der Waals surface area contributed by atoms with Gasteiger partial charge in [-0.25, -0.2) is 0 Å². The van der Waals surface area contributed by atoms with Gasteiger partial charge in [0.05, 0.1) is 0 Å². The van der Waals surface area contributed by atoms with E-state index in [4.69, 9.17) is 14.0 Å². The zero-order valence-electron chi connectivity index (χ0n) is 19.7. The molecule has 1 aliphatic rings. The highest BCUT2D eigenvalue weighted by atomic mass is 16.7. The number of rotatable bonds is 9. The minimum atomic E-state index is -0.251. The van der Waals surface area contributed by atoms with Gasteiger partial charge in [0.25, 0.3) is 5.91 Å². The summed E-state index contributed by atoms with van der Waals surface area (Å²) < 4.78 is 16.1. The van der Waals surface area contributed by atoms with Crippen LogP contribution in [0.3, 0.4) is 0 Å². The van der Waals surface area contributed by atoms with Crippen LogP contribution in [0.25, 0.3) is 11.3 Å². The predicted octanol–water partition coefficient (Wildman–Crippen LogP) is 4.18. The van der Waals surface area contributed by atoms with E-state index in [1.54, 1.807) is 11.0 Å². The Bertz CT molecular complexity index is 1150. The van der Waals surface area contributed by atoms with Crippen molar-refractivity contribution in [1.82, 2.24) is 15.4 Å². The average Bonchev–Trinajstić information content (AvgIpc) is 3.49.